The molecule has 2 atom stereocenters. The maximum absolute atomic E-state index is 13.8. The fourth-order valence-electron chi connectivity index (χ4n) is 5.29. The molecule has 0 spiro atoms. The highest BCUT2D eigenvalue weighted by Gasteiger charge is 2.42. The maximum Gasteiger partial charge on any atom is 0.336 e. The average molecular weight is 506 g/mol. The molecule has 196 valence electrons. The van der Waals surface area contributed by atoms with E-state index >= 15 is 0 Å². The molecule has 0 amide bonds. The Balaban J connectivity index is 1.72. The molecule has 1 N–H and O–H groups in total. The standard InChI is InChI=1S/C30H35NO6/c1-6-36-13-14-37-30(33)27-19(3)31-23-15-21(20-11-12-25(34-4)26(17-20)35-5)16-24(32)29(23)28(27)22-10-8-7-9-18(22)2/h7-12,17,21,28,31H,6,13-16H2,1-5H3/t21-,28+/m1/s1. The number of ketones is 1. The highest BCUT2D eigenvalue weighted by atomic mass is 16.6. The van der Waals surface area contributed by atoms with Crippen LogP contribution in [0.4, 0.5) is 0 Å². The zero-order valence-corrected chi connectivity index (χ0v) is 22.2. The SMILES string of the molecule is CCOCCOC(=O)C1=C(C)NC2=C(C(=O)C[C@H](c3ccc(OC)c(OC)c3)C2)[C@H]1c1ccccc1C. The fourth-order valence-corrected chi connectivity index (χ4v) is 5.29. The summed E-state index contributed by atoms with van der Waals surface area (Å²) in [6, 6.07) is 13.7. The van der Waals surface area contributed by atoms with Crippen molar-refractivity contribution in [2.45, 2.75) is 45.4 Å². The summed E-state index contributed by atoms with van der Waals surface area (Å²) in [7, 11) is 3.21. The quantitative estimate of drug-likeness (QED) is 0.381. The van der Waals surface area contributed by atoms with Crippen LogP contribution >= 0.6 is 0 Å². The summed E-state index contributed by atoms with van der Waals surface area (Å²) in [4.78, 5) is 27.1. The highest BCUT2D eigenvalue weighted by molar-refractivity contribution is 6.04. The summed E-state index contributed by atoms with van der Waals surface area (Å²) in [5.74, 6) is 0.359. The number of methoxy groups -OCH3 is 2. The van der Waals surface area contributed by atoms with Crippen molar-refractivity contribution >= 4 is 11.8 Å². The molecule has 2 aromatic rings. The molecule has 2 aliphatic rings. The lowest BCUT2D eigenvalue weighted by Crippen LogP contribution is -2.36. The summed E-state index contributed by atoms with van der Waals surface area (Å²) >= 11 is 0. The molecule has 37 heavy (non-hydrogen) atoms. The van der Waals surface area contributed by atoms with Crippen molar-refractivity contribution in [3.63, 3.8) is 0 Å². The van der Waals surface area contributed by atoms with Gasteiger partial charge in [-0.2, -0.15) is 0 Å². The van der Waals surface area contributed by atoms with E-state index in [0.29, 0.717) is 54.4 Å². The van der Waals surface area contributed by atoms with Crippen LogP contribution in [0.2, 0.25) is 0 Å². The number of allylic oxidation sites excluding steroid dienone is 3. The van der Waals surface area contributed by atoms with E-state index in [9.17, 15) is 9.59 Å². The fraction of sp³-hybridized carbons (Fsp3) is 0.400. The molecule has 2 aromatic carbocycles. The van der Waals surface area contributed by atoms with Crippen LogP contribution in [-0.2, 0) is 19.1 Å². The van der Waals surface area contributed by atoms with Gasteiger partial charge in [0, 0.05) is 35.9 Å². The zero-order valence-electron chi connectivity index (χ0n) is 22.2. The third-order valence-electron chi connectivity index (χ3n) is 7.09. The first-order valence-corrected chi connectivity index (χ1v) is 12.7. The van der Waals surface area contributed by atoms with Crippen LogP contribution in [0.15, 0.2) is 65.0 Å². The van der Waals surface area contributed by atoms with Gasteiger partial charge in [-0.3, -0.25) is 4.79 Å². The number of dihydropyridines is 1. The van der Waals surface area contributed by atoms with Crippen molar-refractivity contribution in [2.24, 2.45) is 0 Å². The lowest BCUT2D eigenvalue weighted by atomic mass is 9.71. The Bertz CT molecular complexity index is 1240. The topological polar surface area (TPSA) is 83.1 Å². The normalized spacial score (nSPS) is 19.3. The maximum atomic E-state index is 13.8. The second-order valence-electron chi connectivity index (χ2n) is 9.32. The van der Waals surface area contributed by atoms with Crippen LogP contribution in [0.3, 0.4) is 0 Å². The Morgan fingerprint density at radius 3 is 2.46 bits per heavy atom. The van der Waals surface area contributed by atoms with Crippen LogP contribution < -0.4 is 14.8 Å². The van der Waals surface area contributed by atoms with Crippen LogP contribution in [0, 0.1) is 6.92 Å². The predicted octanol–water partition coefficient (Wildman–Crippen LogP) is 4.95. The van der Waals surface area contributed by atoms with E-state index in [-0.39, 0.29) is 18.3 Å². The Kier molecular flexibility index (Phi) is 8.34. The first-order valence-electron chi connectivity index (χ1n) is 12.7. The van der Waals surface area contributed by atoms with Gasteiger partial charge in [0.25, 0.3) is 0 Å². The first-order chi connectivity index (χ1) is 17.9. The van der Waals surface area contributed by atoms with Crippen molar-refractivity contribution in [3.8, 4) is 11.5 Å². The average Bonchev–Trinajstić information content (AvgIpc) is 2.90. The molecule has 0 bridgehead atoms. The number of ether oxygens (including phenoxy) is 4. The molecule has 0 aromatic heterocycles. The molecule has 0 saturated carbocycles. The molecule has 7 nitrogen and oxygen atoms in total. The van der Waals surface area contributed by atoms with Crippen molar-refractivity contribution in [1.82, 2.24) is 5.32 Å². The van der Waals surface area contributed by atoms with Crippen molar-refractivity contribution in [1.29, 1.82) is 0 Å². The third kappa shape index (κ3) is 5.42. The van der Waals surface area contributed by atoms with E-state index in [0.717, 1.165) is 22.4 Å². The van der Waals surface area contributed by atoms with Gasteiger partial charge in [-0.1, -0.05) is 30.3 Å². The molecule has 0 saturated heterocycles. The van der Waals surface area contributed by atoms with Crippen LogP contribution in [0.1, 0.15) is 55.2 Å². The zero-order chi connectivity index (χ0) is 26.5. The van der Waals surface area contributed by atoms with Gasteiger partial charge in [0.2, 0.25) is 0 Å². The monoisotopic (exact) mass is 505 g/mol. The number of aryl methyl sites for hydroxylation is 1. The largest absolute Gasteiger partial charge is 0.493 e. The molecular weight excluding hydrogens is 470 g/mol. The van der Waals surface area contributed by atoms with Crippen LogP contribution in [0.5, 0.6) is 11.5 Å². The van der Waals surface area contributed by atoms with E-state index in [2.05, 4.69) is 5.32 Å². The molecule has 0 radical (unpaired) electrons. The number of carbonyl (C=O) groups is 2. The first kappa shape index (κ1) is 26.5. The smallest absolute Gasteiger partial charge is 0.336 e. The van der Waals surface area contributed by atoms with Gasteiger partial charge >= 0.3 is 5.97 Å². The van der Waals surface area contributed by atoms with Crippen molar-refractivity contribution < 1.29 is 28.5 Å². The third-order valence-corrected chi connectivity index (χ3v) is 7.09. The lowest BCUT2D eigenvalue weighted by molar-refractivity contribution is -0.140. The number of carbonyl (C=O) groups excluding carboxylic acids is 2. The van der Waals surface area contributed by atoms with Crippen molar-refractivity contribution in [2.75, 3.05) is 34.0 Å². The predicted molar refractivity (Wildman–Crippen MR) is 141 cm³/mol. The van der Waals surface area contributed by atoms with Gasteiger partial charge in [-0.15, -0.1) is 0 Å². The minimum Gasteiger partial charge on any atom is -0.493 e. The van der Waals surface area contributed by atoms with Crippen LogP contribution in [0.25, 0.3) is 0 Å². The van der Waals surface area contributed by atoms with E-state index in [4.69, 9.17) is 18.9 Å². The molecule has 1 heterocycles. The van der Waals surface area contributed by atoms with E-state index in [1.807, 2.05) is 63.2 Å². The number of nitrogens with one attached hydrogen (secondary N) is 1. The summed E-state index contributed by atoms with van der Waals surface area (Å²) in [6.45, 7) is 6.82. The van der Waals surface area contributed by atoms with Gasteiger partial charge < -0.3 is 24.3 Å². The Morgan fingerprint density at radius 2 is 1.76 bits per heavy atom. The second kappa shape index (κ2) is 11.6. The van der Waals surface area contributed by atoms with E-state index < -0.39 is 11.9 Å². The molecule has 1 aliphatic carbocycles. The van der Waals surface area contributed by atoms with Gasteiger partial charge in [0.15, 0.2) is 17.3 Å². The van der Waals surface area contributed by atoms with E-state index in [1.165, 1.54) is 0 Å². The molecule has 0 fully saturated rings. The van der Waals surface area contributed by atoms with Gasteiger partial charge in [-0.25, -0.2) is 4.79 Å². The lowest BCUT2D eigenvalue weighted by Gasteiger charge is -2.37. The second-order valence-corrected chi connectivity index (χ2v) is 9.32. The Labute approximate surface area is 218 Å². The highest BCUT2D eigenvalue weighted by Crippen LogP contribution is 2.47. The van der Waals surface area contributed by atoms with E-state index in [1.54, 1.807) is 14.2 Å². The summed E-state index contributed by atoms with van der Waals surface area (Å²) in [5.41, 5.74) is 5.64. The number of esters is 1. The molecule has 0 unspecified atom stereocenters. The number of hydrogen-bond donors (Lipinski definition) is 1. The number of Topliss-reactive ketones (excluding diaryl/α,β-unsaturated/α-hetero) is 1. The minimum absolute atomic E-state index is 0.0221. The Hall–Kier alpha value is -3.58. The van der Waals surface area contributed by atoms with Gasteiger partial charge in [0.05, 0.1) is 26.4 Å². The molecular formula is C30H35NO6. The molecule has 1 aliphatic heterocycles. The number of rotatable bonds is 9. The summed E-state index contributed by atoms with van der Waals surface area (Å²) < 4.78 is 21.8. The molecule has 7 heteroatoms. The molecule has 4 rings (SSSR count). The van der Waals surface area contributed by atoms with Gasteiger partial charge in [0.1, 0.15) is 6.61 Å². The Morgan fingerprint density at radius 1 is 1.00 bits per heavy atom. The van der Waals surface area contributed by atoms with Crippen molar-refractivity contribution in [3.05, 3.63) is 81.7 Å². The van der Waals surface area contributed by atoms with Gasteiger partial charge in [-0.05, 0) is 61.9 Å². The summed E-state index contributed by atoms with van der Waals surface area (Å²) in [5, 5.41) is 3.40. The number of hydrogen-bond acceptors (Lipinski definition) is 7. The number of benzene rings is 2. The van der Waals surface area contributed by atoms with Crippen LogP contribution in [-0.4, -0.2) is 45.8 Å². The minimum atomic E-state index is -0.490. The summed E-state index contributed by atoms with van der Waals surface area (Å²) in [6.07, 6.45) is 0.979.